The minimum Gasteiger partial charge on any atom is -0.465 e. The summed E-state index contributed by atoms with van der Waals surface area (Å²) < 4.78 is 41.1. The van der Waals surface area contributed by atoms with E-state index < -0.39 is 18.1 Å². The molecule has 0 radical (unpaired) electrons. The fourth-order valence-corrected chi connectivity index (χ4v) is 1.48. The van der Waals surface area contributed by atoms with E-state index in [1.165, 1.54) is 18.2 Å². The van der Waals surface area contributed by atoms with E-state index in [0.29, 0.717) is 5.56 Å². The van der Waals surface area contributed by atoms with Crippen molar-refractivity contribution in [2.75, 3.05) is 18.5 Å². The van der Waals surface area contributed by atoms with Crippen LogP contribution in [0.15, 0.2) is 24.3 Å². The lowest BCUT2D eigenvalue weighted by molar-refractivity contribution is -0.167. The largest absolute Gasteiger partial charge is 0.471 e. The molecule has 8 heteroatoms. The molecular weight excluding hydrogens is 289 g/mol. The molecule has 0 atom stereocenters. The molecule has 1 aromatic rings. The molecule has 1 aromatic carbocycles. The fourth-order valence-electron chi connectivity index (χ4n) is 1.48. The Morgan fingerprint density at radius 2 is 2.00 bits per heavy atom. The van der Waals surface area contributed by atoms with Crippen LogP contribution in [0, 0.1) is 0 Å². The summed E-state index contributed by atoms with van der Waals surface area (Å²) in [6, 6.07) is 5.90. The first kappa shape index (κ1) is 17.0. The van der Waals surface area contributed by atoms with Crippen LogP contribution >= 0.6 is 0 Å². The number of esters is 1. The first-order chi connectivity index (χ1) is 9.82. The van der Waals surface area contributed by atoms with Crippen molar-refractivity contribution in [2.24, 2.45) is 0 Å². The van der Waals surface area contributed by atoms with Gasteiger partial charge in [0.2, 0.25) is 0 Å². The van der Waals surface area contributed by atoms with E-state index in [9.17, 15) is 22.8 Å². The molecule has 0 aliphatic carbocycles. The molecule has 0 aliphatic heterocycles. The van der Waals surface area contributed by atoms with Gasteiger partial charge in [-0.2, -0.15) is 13.2 Å². The zero-order valence-electron chi connectivity index (χ0n) is 11.3. The maximum Gasteiger partial charge on any atom is 0.471 e. The van der Waals surface area contributed by atoms with Gasteiger partial charge in [-0.25, -0.2) is 0 Å². The summed E-state index contributed by atoms with van der Waals surface area (Å²) in [6.07, 6.45) is -4.93. The Hall–Kier alpha value is -2.09. The first-order valence-electron chi connectivity index (χ1n) is 6.16. The van der Waals surface area contributed by atoms with Crippen LogP contribution in [0.5, 0.6) is 0 Å². The summed E-state index contributed by atoms with van der Waals surface area (Å²) >= 11 is 0. The van der Waals surface area contributed by atoms with Crippen molar-refractivity contribution in [3.63, 3.8) is 0 Å². The smallest absolute Gasteiger partial charge is 0.465 e. The zero-order chi connectivity index (χ0) is 15.9. The van der Waals surface area contributed by atoms with Crippen LogP contribution in [-0.2, 0) is 20.9 Å². The minimum absolute atomic E-state index is 0.00697. The normalized spacial score (nSPS) is 11.0. The number of carbonyl (C=O) groups is 2. The number of ether oxygens (including phenoxy) is 1. The standard InChI is InChI=1S/C13H15F3N2O3/c1-2-21-11(19)8-17-7-9-4-3-5-10(6-9)18-12(20)13(14,15)16/h3-6,17H,2,7-8H2,1H3,(H,18,20). The zero-order valence-corrected chi connectivity index (χ0v) is 11.3. The monoisotopic (exact) mass is 304 g/mol. The lowest BCUT2D eigenvalue weighted by Crippen LogP contribution is -2.30. The summed E-state index contributed by atoms with van der Waals surface area (Å²) in [5.74, 6) is -2.45. The molecular formula is C13H15F3N2O3. The third-order valence-electron chi connectivity index (χ3n) is 2.35. The molecule has 1 rings (SSSR count). The van der Waals surface area contributed by atoms with Crippen molar-refractivity contribution in [3.05, 3.63) is 29.8 Å². The maximum absolute atomic E-state index is 12.1. The highest BCUT2D eigenvalue weighted by molar-refractivity contribution is 5.94. The molecule has 21 heavy (non-hydrogen) atoms. The van der Waals surface area contributed by atoms with Crippen LogP contribution in [0.1, 0.15) is 12.5 Å². The molecule has 0 unspecified atom stereocenters. The molecule has 0 aliphatic rings. The molecule has 0 heterocycles. The number of hydrogen-bond acceptors (Lipinski definition) is 4. The van der Waals surface area contributed by atoms with Crippen molar-refractivity contribution < 1.29 is 27.5 Å². The summed E-state index contributed by atoms with van der Waals surface area (Å²) in [7, 11) is 0. The summed E-state index contributed by atoms with van der Waals surface area (Å²) in [5.41, 5.74) is 0.659. The van der Waals surface area contributed by atoms with Crippen molar-refractivity contribution in [2.45, 2.75) is 19.6 Å². The van der Waals surface area contributed by atoms with Gasteiger partial charge in [0, 0.05) is 12.2 Å². The number of nitrogens with one attached hydrogen (secondary N) is 2. The third kappa shape index (κ3) is 6.26. The number of halogens is 3. The Morgan fingerprint density at radius 1 is 1.29 bits per heavy atom. The van der Waals surface area contributed by atoms with Gasteiger partial charge in [0.05, 0.1) is 13.2 Å². The van der Waals surface area contributed by atoms with Crippen LogP contribution in [-0.4, -0.2) is 31.2 Å². The van der Waals surface area contributed by atoms with Crippen LogP contribution < -0.4 is 10.6 Å². The number of rotatable bonds is 6. The van der Waals surface area contributed by atoms with Gasteiger partial charge in [0.1, 0.15) is 0 Å². The molecule has 0 aromatic heterocycles. The van der Waals surface area contributed by atoms with Gasteiger partial charge in [-0.1, -0.05) is 12.1 Å². The van der Waals surface area contributed by atoms with Gasteiger partial charge in [-0.15, -0.1) is 0 Å². The number of benzene rings is 1. The highest BCUT2D eigenvalue weighted by atomic mass is 19.4. The lowest BCUT2D eigenvalue weighted by Gasteiger charge is -2.10. The number of hydrogen-bond donors (Lipinski definition) is 2. The van der Waals surface area contributed by atoms with E-state index in [2.05, 4.69) is 5.32 Å². The topological polar surface area (TPSA) is 67.4 Å². The molecule has 0 saturated heterocycles. The average molecular weight is 304 g/mol. The number of amides is 1. The van der Waals surface area contributed by atoms with Gasteiger partial charge in [-0.3, -0.25) is 9.59 Å². The van der Waals surface area contributed by atoms with E-state index in [-0.39, 0.29) is 25.4 Å². The molecule has 116 valence electrons. The van der Waals surface area contributed by atoms with Gasteiger partial charge >= 0.3 is 18.1 Å². The summed E-state index contributed by atoms with van der Waals surface area (Å²) in [5, 5.41) is 4.55. The van der Waals surface area contributed by atoms with Gasteiger partial charge in [0.25, 0.3) is 0 Å². The van der Waals surface area contributed by atoms with E-state index in [0.717, 1.165) is 0 Å². The molecule has 0 saturated carbocycles. The number of carbonyl (C=O) groups excluding carboxylic acids is 2. The van der Waals surface area contributed by atoms with E-state index in [1.54, 1.807) is 18.3 Å². The van der Waals surface area contributed by atoms with Crippen molar-refractivity contribution >= 4 is 17.6 Å². The average Bonchev–Trinajstić information content (AvgIpc) is 2.38. The Labute approximate surface area is 119 Å². The van der Waals surface area contributed by atoms with Crippen LogP contribution in [0.3, 0.4) is 0 Å². The van der Waals surface area contributed by atoms with E-state index in [4.69, 9.17) is 4.74 Å². The molecule has 5 nitrogen and oxygen atoms in total. The van der Waals surface area contributed by atoms with Crippen LogP contribution in [0.25, 0.3) is 0 Å². The van der Waals surface area contributed by atoms with Gasteiger partial charge in [-0.05, 0) is 24.6 Å². The highest BCUT2D eigenvalue weighted by Crippen LogP contribution is 2.18. The Balaban J connectivity index is 2.53. The number of alkyl halides is 3. The SMILES string of the molecule is CCOC(=O)CNCc1cccc(NC(=O)C(F)(F)F)c1. The van der Waals surface area contributed by atoms with E-state index >= 15 is 0 Å². The quantitative estimate of drug-likeness (QED) is 0.787. The second-order valence-electron chi connectivity index (χ2n) is 4.06. The van der Waals surface area contributed by atoms with Crippen molar-refractivity contribution in [3.8, 4) is 0 Å². The van der Waals surface area contributed by atoms with Crippen LogP contribution in [0.2, 0.25) is 0 Å². The minimum atomic E-state index is -4.93. The third-order valence-corrected chi connectivity index (χ3v) is 2.35. The Morgan fingerprint density at radius 3 is 2.62 bits per heavy atom. The number of anilines is 1. The van der Waals surface area contributed by atoms with Crippen LogP contribution in [0.4, 0.5) is 18.9 Å². The maximum atomic E-state index is 12.1. The van der Waals surface area contributed by atoms with Crippen molar-refractivity contribution in [1.29, 1.82) is 0 Å². The molecule has 0 spiro atoms. The predicted molar refractivity (Wildman–Crippen MR) is 69.5 cm³/mol. The fraction of sp³-hybridized carbons (Fsp3) is 0.385. The summed E-state index contributed by atoms with van der Waals surface area (Å²) in [4.78, 5) is 21.9. The Bertz CT molecular complexity index is 504. The van der Waals surface area contributed by atoms with E-state index in [1.807, 2.05) is 0 Å². The molecule has 0 fully saturated rings. The summed E-state index contributed by atoms with van der Waals surface area (Å²) in [6.45, 7) is 2.21. The molecule has 0 bridgehead atoms. The second kappa shape index (κ2) is 7.63. The van der Waals surface area contributed by atoms with Crippen molar-refractivity contribution in [1.82, 2.24) is 5.32 Å². The molecule has 1 amide bonds. The second-order valence-corrected chi connectivity index (χ2v) is 4.06. The molecule has 2 N–H and O–H groups in total. The first-order valence-corrected chi connectivity index (χ1v) is 6.16. The Kier molecular flexibility index (Phi) is 6.16. The van der Waals surface area contributed by atoms with Gasteiger partial charge < -0.3 is 15.4 Å². The lowest BCUT2D eigenvalue weighted by atomic mass is 10.2. The van der Waals surface area contributed by atoms with Gasteiger partial charge in [0.15, 0.2) is 0 Å². The highest BCUT2D eigenvalue weighted by Gasteiger charge is 2.38. The predicted octanol–water partition coefficient (Wildman–Crippen LogP) is 1.84.